The minimum atomic E-state index is 0.0444. The predicted molar refractivity (Wildman–Crippen MR) is 85.5 cm³/mol. The Bertz CT molecular complexity index is 576. The summed E-state index contributed by atoms with van der Waals surface area (Å²) in [5.41, 5.74) is 2.03. The molecule has 0 spiro atoms. The standard InChI is InChI=1S/C18H21NO2/c1-14(2)19(15(3)20)17-9-11-18(12-10-17)21-13-16-7-5-4-6-8-16/h4-12,14H,13H2,1-3H3. The largest absolute Gasteiger partial charge is 0.489 e. The molecule has 0 fully saturated rings. The lowest BCUT2D eigenvalue weighted by molar-refractivity contribution is -0.116. The maximum atomic E-state index is 11.7. The van der Waals surface area contributed by atoms with Crippen LogP contribution >= 0.6 is 0 Å². The molecule has 1 amide bonds. The van der Waals surface area contributed by atoms with Gasteiger partial charge in [0, 0.05) is 18.7 Å². The Hall–Kier alpha value is -2.29. The second kappa shape index (κ2) is 6.93. The molecule has 2 rings (SSSR count). The van der Waals surface area contributed by atoms with E-state index in [-0.39, 0.29) is 11.9 Å². The molecule has 110 valence electrons. The van der Waals surface area contributed by atoms with Gasteiger partial charge in [0.05, 0.1) is 0 Å². The Balaban J connectivity index is 2.03. The summed E-state index contributed by atoms with van der Waals surface area (Å²) in [7, 11) is 0. The van der Waals surface area contributed by atoms with Crippen LogP contribution in [0.3, 0.4) is 0 Å². The number of ether oxygens (including phenoxy) is 1. The first-order chi connectivity index (χ1) is 10.1. The molecule has 0 radical (unpaired) electrons. The second-order valence-electron chi connectivity index (χ2n) is 5.25. The van der Waals surface area contributed by atoms with E-state index in [1.807, 2.05) is 68.4 Å². The summed E-state index contributed by atoms with van der Waals surface area (Å²) in [4.78, 5) is 13.4. The van der Waals surface area contributed by atoms with Crippen molar-refractivity contribution in [1.29, 1.82) is 0 Å². The summed E-state index contributed by atoms with van der Waals surface area (Å²) in [5.74, 6) is 0.845. The molecule has 0 N–H and O–H groups in total. The molecule has 3 nitrogen and oxygen atoms in total. The Morgan fingerprint density at radius 1 is 1.05 bits per heavy atom. The van der Waals surface area contributed by atoms with Gasteiger partial charge >= 0.3 is 0 Å². The van der Waals surface area contributed by atoms with Gasteiger partial charge in [-0.1, -0.05) is 30.3 Å². The zero-order chi connectivity index (χ0) is 15.2. The van der Waals surface area contributed by atoms with Crippen molar-refractivity contribution in [2.24, 2.45) is 0 Å². The van der Waals surface area contributed by atoms with Crippen LogP contribution in [0.4, 0.5) is 5.69 Å². The highest BCUT2D eigenvalue weighted by atomic mass is 16.5. The molecule has 0 aliphatic carbocycles. The first kappa shape index (κ1) is 15.1. The number of carbonyl (C=O) groups is 1. The first-order valence-electron chi connectivity index (χ1n) is 7.14. The minimum absolute atomic E-state index is 0.0444. The molecule has 0 unspecified atom stereocenters. The van der Waals surface area contributed by atoms with E-state index in [0.29, 0.717) is 6.61 Å². The number of hydrogen-bond acceptors (Lipinski definition) is 2. The maximum Gasteiger partial charge on any atom is 0.224 e. The van der Waals surface area contributed by atoms with Gasteiger partial charge < -0.3 is 9.64 Å². The van der Waals surface area contributed by atoms with Crippen LogP contribution in [-0.4, -0.2) is 11.9 Å². The van der Waals surface area contributed by atoms with Crippen LogP contribution in [0, 0.1) is 0 Å². The number of amides is 1. The molecule has 2 aromatic rings. The number of hydrogen-bond donors (Lipinski definition) is 0. The number of nitrogens with zero attached hydrogens (tertiary/aromatic N) is 1. The summed E-state index contributed by atoms with van der Waals surface area (Å²) in [5, 5.41) is 0. The van der Waals surface area contributed by atoms with Crippen LogP contribution in [0.5, 0.6) is 5.75 Å². The smallest absolute Gasteiger partial charge is 0.224 e. The Labute approximate surface area is 126 Å². The van der Waals surface area contributed by atoms with E-state index >= 15 is 0 Å². The molecule has 0 bridgehead atoms. The molecule has 2 aromatic carbocycles. The number of carbonyl (C=O) groups excluding carboxylic acids is 1. The van der Waals surface area contributed by atoms with E-state index in [9.17, 15) is 4.79 Å². The summed E-state index contributed by atoms with van der Waals surface area (Å²) in [6.07, 6.45) is 0. The third kappa shape index (κ3) is 4.09. The van der Waals surface area contributed by atoms with Gasteiger partial charge in [-0.15, -0.1) is 0 Å². The van der Waals surface area contributed by atoms with Crippen molar-refractivity contribution in [2.75, 3.05) is 4.90 Å². The topological polar surface area (TPSA) is 29.5 Å². The van der Waals surface area contributed by atoms with E-state index in [1.54, 1.807) is 11.8 Å². The van der Waals surface area contributed by atoms with Crippen molar-refractivity contribution in [3.63, 3.8) is 0 Å². The van der Waals surface area contributed by atoms with Crippen LogP contribution < -0.4 is 9.64 Å². The van der Waals surface area contributed by atoms with Gasteiger partial charge in [0.1, 0.15) is 12.4 Å². The highest BCUT2D eigenvalue weighted by Crippen LogP contribution is 2.22. The van der Waals surface area contributed by atoms with Crippen LogP contribution in [0.15, 0.2) is 54.6 Å². The lowest BCUT2D eigenvalue weighted by Crippen LogP contribution is -2.34. The van der Waals surface area contributed by atoms with E-state index in [0.717, 1.165) is 17.0 Å². The van der Waals surface area contributed by atoms with Crippen LogP contribution in [0.1, 0.15) is 26.3 Å². The molecule has 21 heavy (non-hydrogen) atoms. The summed E-state index contributed by atoms with van der Waals surface area (Å²) >= 11 is 0. The van der Waals surface area contributed by atoms with Crippen molar-refractivity contribution >= 4 is 11.6 Å². The van der Waals surface area contributed by atoms with Gasteiger partial charge in [-0.25, -0.2) is 0 Å². The fourth-order valence-electron chi connectivity index (χ4n) is 2.29. The quantitative estimate of drug-likeness (QED) is 0.829. The summed E-state index contributed by atoms with van der Waals surface area (Å²) in [6.45, 7) is 6.13. The molecule has 3 heteroatoms. The second-order valence-corrected chi connectivity index (χ2v) is 5.25. The highest BCUT2D eigenvalue weighted by molar-refractivity contribution is 5.92. The van der Waals surface area contributed by atoms with Crippen molar-refractivity contribution in [1.82, 2.24) is 0 Å². The maximum absolute atomic E-state index is 11.7. The Morgan fingerprint density at radius 2 is 1.67 bits per heavy atom. The van der Waals surface area contributed by atoms with Gasteiger partial charge in [0.2, 0.25) is 5.91 Å². The molecule has 0 aliphatic heterocycles. The number of benzene rings is 2. The van der Waals surface area contributed by atoms with Gasteiger partial charge in [-0.2, -0.15) is 0 Å². The molecule has 0 aromatic heterocycles. The normalized spacial score (nSPS) is 10.5. The van der Waals surface area contributed by atoms with E-state index in [4.69, 9.17) is 4.74 Å². The van der Waals surface area contributed by atoms with Gasteiger partial charge in [0.25, 0.3) is 0 Å². The van der Waals surface area contributed by atoms with Crippen molar-refractivity contribution in [3.8, 4) is 5.75 Å². The average Bonchev–Trinajstić information content (AvgIpc) is 2.47. The average molecular weight is 283 g/mol. The molecule has 0 saturated heterocycles. The predicted octanol–water partition coefficient (Wildman–Crippen LogP) is 4.03. The summed E-state index contributed by atoms with van der Waals surface area (Å²) in [6, 6.07) is 17.8. The molecular weight excluding hydrogens is 262 g/mol. The highest BCUT2D eigenvalue weighted by Gasteiger charge is 2.14. The number of anilines is 1. The third-order valence-electron chi connectivity index (χ3n) is 3.22. The van der Waals surface area contributed by atoms with E-state index < -0.39 is 0 Å². The van der Waals surface area contributed by atoms with Gasteiger partial charge in [-0.05, 0) is 43.7 Å². The van der Waals surface area contributed by atoms with Crippen LogP contribution in [0.2, 0.25) is 0 Å². The van der Waals surface area contributed by atoms with Gasteiger partial charge in [0.15, 0.2) is 0 Å². The fraction of sp³-hybridized carbons (Fsp3) is 0.278. The Kier molecular flexibility index (Phi) is 4.99. The zero-order valence-electron chi connectivity index (χ0n) is 12.7. The zero-order valence-corrected chi connectivity index (χ0v) is 12.7. The van der Waals surface area contributed by atoms with Crippen molar-refractivity contribution in [3.05, 3.63) is 60.2 Å². The summed E-state index contributed by atoms with van der Waals surface area (Å²) < 4.78 is 5.74. The SMILES string of the molecule is CC(=O)N(c1ccc(OCc2ccccc2)cc1)C(C)C. The lowest BCUT2D eigenvalue weighted by atomic mass is 10.2. The minimum Gasteiger partial charge on any atom is -0.489 e. The molecule has 0 aliphatic rings. The molecule has 0 heterocycles. The van der Waals surface area contributed by atoms with Crippen molar-refractivity contribution < 1.29 is 9.53 Å². The third-order valence-corrected chi connectivity index (χ3v) is 3.22. The fourth-order valence-corrected chi connectivity index (χ4v) is 2.29. The van der Waals surface area contributed by atoms with Crippen LogP contribution in [0.25, 0.3) is 0 Å². The Morgan fingerprint density at radius 3 is 2.19 bits per heavy atom. The van der Waals surface area contributed by atoms with Gasteiger partial charge in [-0.3, -0.25) is 4.79 Å². The molecular formula is C18H21NO2. The van der Waals surface area contributed by atoms with E-state index in [2.05, 4.69) is 0 Å². The monoisotopic (exact) mass is 283 g/mol. The molecule has 0 saturated carbocycles. The van der Waals surface area contributed by atoms with Crippen molar-refractivity contribution in [2.45, 2.75) is 33.4 Å². The lowest BCUT2D eigenvalue weighted by Gasteiger charge is -2.25. The molecule has 0 atom stereocenters. The number of rotatable bonds is 5. The van der Waals surface area contributed by atoms with E-state index in [1.165, 1.54) is 0 Å². The first-order valence-corrected chi connectivity index (χ1v) is 7.14. The van der Waals surface area contributed by atoms with Crippen LogP contribution in [-0.2, 0) is 11.4 Å².